The normalized spacial score (nSPS) is 40.1. The van der Waals surface area contributed by atoms with Gasteiger partial charge in [0.25, 0.3) is 0 Å². The van der Waals surface area contributed by atoms with Crippen molar-refractivity contribution in [1.82, 2.24) is 10.6 Å². The lowest BCUT2D eigenvalue weighted by atomic mass is 9.42. The second-order valence-corrected chi connectivity index (χ2v) is 13.1. The van der Waals surface area contributed by atoms with Crippen LogP contribution < -0.4 is 10.6 Å². The van der Waals surface area contributed by atoms with Gasteiger partial charge in [0.05, 0.1) is 12.2 Å². The van der Waals surface area contributed by atoms with Gasteiger partial charge in [-0.2, -0.15) is 0 Å². The number of ether oxygens (including phenoxy) is 1. The molecule has 0 heterocycles. The van der Waals surface area contributed by atoms with E-state index in [1.54, 1.807) is 0 Å². The first-order chi connectivity index (χ1) is 16.2. The Labute approximate surface area is 212 Å². The molecule has 0 radical (unpaired) electrons. The Bertz CT molecular complexity index is 767. The Morgan fingerprint density at radius 3 is 2.37 bits per heavy atom. The van der Waals surface area contributed by atoms with Crippen LogP contribution in [0.5, 0.6) is 0 Å². The molecule has 0 saturated heterocycles. The molecule has 3 aliphatic rings. The number of nitrogens with one attached hydrogen (secondary N) is 2. The van der Waals surface area contributed by atoms with Crippen LogP contribution in [-0.2, 0) is 9.53 Å². The topological polar surface area (TPSA) is 108 Å². The number of rotatable bonds is 6. The molecular formula is C28H50N2O5. The van der Waals surface area contributed by atoms with Crippen LogP contribution in [0.1, 0.15) is 93.4 Å². The molecule has 0 bridgehead atoms. The Morgan fingerprint density at radius 2 is 1.74 bits per heavy atom. The number of hydrogen-bond donors (Lipinski definition) is 4. The van der Waals surface area contributed by atoms with Crippen molar-refractivity contribution in [2.45, 2.75) is 111 Å². The molecule has 3 aliphatic carbocycles. The molecular weight excluding hydrogens is 444 g/mol. The highest BCUT2D eigenvalue weighted by molar-refractivity contribution is 5.79. The van der Waals surface area contributed by atoms with Crippen molar-refractivity contribution in [3.63, 3.8) is 0 Å². The molecule has 0 spiro atoms. The highest BCUT2D eigenvalue weighted by Gasteiger charge is 2.61. The molecule has 3 rings (SSSR count). The quantitative estimate of drug-likeness (QED) is 0.413. The van der Waals surface area contributed by atoms with Gasteiger partial charge < -0.3 is 25.6 Å². The van der Waals surface area contributed by atoms with E-state index in [1.807, 2.05) is 27.7 Å². The van der Waals surface area contributed by atoms with Gasteiger partial charge in [-0.05, 0) is 93.8 Å². The standard InChI is InChI=1S/C28H50N2O5/c1-8-21-20-10-9-18-15-19(31)11-12-27(18,6)23(20)22(32)16-28(21,7)17(2)24(33)29-13-14-30-25(34)35-26(3,4)5/h17-23,31-32H,8-16H2,1-7H3,(H,29,33)(H,30,34). The number of hydrogen-bond acceptors (Lipinski definition) is 5. The summed E-state index contributed by atoms with van der Waals surface area (Å²) >= 11 is 0. The van der Waals surface area contributed by atoms with Gasteiger partial charge in [-0.15, -0.1) is 0 Å². The van der Waals surface area contributed by atoms with Crippen molar-refractivity contribution in [2.24, 2.45) is 40.4 Å². The molecule has 3 fully saturated rings. The summed E-state index contributed by atoms with van der Waals surface area (Å²) in [6.07, 6.45) is 5.33. The summed E-state index contributed by atoms with van der Waals surface area (Å²) in [6, 6.07) is 0. The molecule has 4 N–H and O–H groups in total. The second-order valence-electron chi connectivity index (χ2n) is 13.1. The number of fused-ring (bicyclic) bond motifs is 3. The van der Waals surface area contributed by atoms with E-state index in [9.17, 15) is 19.8 Å². The Hall–Kier alpha value is -1.34. The predicted molar refractivity (Wildman–Crippen MR) is 137 cm³/mol. The zero-order valence-electron chi connectivity index (χ0n) is 23.0. The Kier molecular flexibility index (Phi) is 8.52. The summed E-state index contributed by atoms with van der Waals surface area (Å²) in [7, 11) is 0. The van der Waals surface area contributed by atoms with Crippen molar-refractivity contribution < 1.29 is 24.5 Å². The van der Waals surface area contributed by atoms with E-state index in [-0.39, 0.29) is 34.7 Å². The van der Waals surface area contributed by atoms with Gasteiger partial charge in [0, 0.05) is 19.0 Å². The molecule has 0 aromatic heterocycles. The third-order valence-corrected chi connectivity index (χ3v) is 9.92. The largest absolute Gasteiger partial charge is 0.444 e. The average molecular weight is 495 g/mol. The minimum absolute atomic E-state index is 0.0247. The third kappa shape index (κ3) is 5.82. The van der Waals surface area contributed by atoms with E-state index in [0.29, 0.717) is 37.3 Å². The van der Waals surface area contributed by atoms with E-state index in [4.69, 9.17) is 4.74 Å². The average Bonchev–Trinajstić information content (AvgIpc) is 2.75. The second kappa shape index (κ2) is 10.6. The Balaban J connectivity index is 1.65. The predicted octanol–water partition coefficient (Wildman–Crippen LogP) is 4.25. The third-order valence-electron chi connectivity index (χ3n) is 9.92. The lowest BCUT2D eigenvalue weighted by Crippen LogP contribution is -2.61. The zero-order valence-corrected chi connectivity index (χ0v) is 23.0. The monoisotopic (exact) mass is 494 g/mol. The lowest BCUT2D eigenvalue weighted by Gasteiger charge is -2.63. The van der Waals surface area contributed by atoms with Crippen LogP contribution in [0, 0.1) is 40.4 Å². The number of amides is 2. The maximum atomic E-state index is 13.2. The number of alkyl carbamates (subject to hydrolysis) is 1. The zero-order chi connectivity index (χ0) is 26.2. The Morgan fingerprint density at radius 1 is 1.09 bits per heavy atom. The van der Waals surface area contributed by atoms with Crippen LogP contribution in [0.25, 0.3) is 0 Å². The minimum Gasteiger partial charge on any atom is -0.444 e. The van der Waals surface area contributed by atoms with Gasteiger partial charge in [0.15, 0.2) is 0 Å². The molecule has 0 aromatic carbocycles. The van der Waals surface area contributed by atoms with Gasteiger partial charge in [0.2, 0.25) is 5.91 Å². The van der Waals surface area contributed by atoms with Gasteiger partial charge in [-0.3, -0.25) is 4.79 Å². The van der Waals surface area contributed by atoms with Gasteiger partial charge in [-0.25, -0.2) is 4.79 Å². The summed E-state index contributed by atoms with van der Waals surface area (Å²) in [5.74, 6) is 1.20. The molecule has 9 unspecified atom stereocenters. The number of aliphatic hydroxyl groups excluding tert-OH is 2. The van der Waals surface area contributed by atoms with Gasteiger partial charge >= 0.3 is 6.09 Å². The summed E-state index contributed by atoms with van der Waals surface area (Å²) in [6.45, 7) is 14.9. The first-order valence-corrected chi connectivity index (χ1v) is 13.8. The molecule has 35 heavy (non-hydrogen) atoms. The fourth-order valence-corrected chi connectivity index (χ4v) is 8.12. The summed E-state index contributed by atoms with van der Waals surface area (Å²) in [5, 5.41) is 27.5. The molecule has 202 valence electrons. The van der Waals surface area contributed by atoms with Crippen LogP contribution in [0.15, 0.2) is 0 Å². The van der Waals surface area contributed by atoms with Crippen molar-refractivity contribution in [3.05, 3.63) is 0 Å². The highest BCUT2D eigenvalue weighted by Crippen LogP contribution is 2.64. The van der Waals surface area contributed by atoms with E-state index >= 15 is 0 Å². The molecule has 0 aromatic rings. The number of aliphatic hydroxyl groups is 2. The van der Waals surface area contributed by atoms with Gasteiger partial charge in [-0.1, -0.05) is 34.1 Å². The fraction of sp³-hybridized carbons (Fsp3) is 0.929. The SMILES string of the molecule is CCC1C2CCC3CC(O)CCC3(C)C2C(O)CC1(C)C(C)C(=O)NCCNC(=O)OC(C)(C)C. The van der Waals surface area contributed by atoms with E-state index in [1.165, 1.54) is 0 Å². The summed E-state index contributed by atoms with van der Waals surface area (Å²) in [5.41, 5.74) is -0.788. The lowest BCUT2D eigenvalue weighted by molar-refractivity contribution is -0.189. The number of carbonyl (C=O) groups excluding carboxylic acids is 2. The first kappa shape index (κ1) is 28.2. The highest BCUT2D eigenvalue weighted by atomic mass is 16.6. The van der Waals surface area contributed by atoms with Crippen LogP contribution in [0.2, 0.25) is 0 Å². The minimum atomic E-state index is -0.557. The van der Waals surface area contributed by atoms with E-state index < -0.39 is 17.8 Å². The van der Waals surface area contributed by atoms with Crippen molar-refractivity contribution >= 4 is 12.0 Å². The molecule has 7 nitrogen and oxygen atoms in total. The maximum absolute atomic E-state index is 13.2. The summed E-state index contributed by atoms with van der Waals surface area (Å²) in [4.78, 5) is 25.1. The van der Waals surface area contributed by atoms with Crippen LogP contribution >= 0.6 is 0 Å². The van der Waals surface area contributed by atoms with E-state index in [2.05, 4.69) is 31.4 Å². The number of carbonyl (C=O) groups is 2. The van der Waals surface area contributed by atoms with Crippen molar-refractivity contribution in [1.29, 1.82) is 0 Å². The maximum Gasteiger partial charge on any atom is 0.407 e. The summed E-state index contributed by atoms with van der Waals surface area (Å²) < 4.78 is 5.24. The van der Waals surface area contributed by atoms with Crippen molar-refractivity contribution in [2.75, 3.05) is 13.1 Å². The van der Waals surface area contributed by atoms with Crippen LogP contribution in [0.3, 0.4) is 0 Å². The fourth-order valence-electron chi connectivity index (χ4n) is 8.12. The smallest absolute Gasteiger partial charge is 0.407 e. The van der Waals surface area contributed by atoms with Gasteiger partial charge in [0.1, 0.15) is 5.60 Å². The van der Waals surface area contributed by atoms with Crippen LogP contribution in [0.4, 0.5) is 4.79 Å². The molecule has 3 saturated carbocycles. The molecule has 7 heteroatoms. The van der Waals surface area contributed by atoms with Crippen molar-refractivity contribution in [3.8, 4) is 0 Å². The van der Waals surface area contributed by atoms with E-state index in [0.717, 1.165) is 38.5 Å². The first-order valence-electron chi connectivity index (χ1n) is 13.8. The molecule has 9 atom stereocenters. The molecule has 2 amide bonds. The molecule has 0 aliphatic heterocycles. The van der Waals surface area contributed by atoms with Crippen LogP contribution in [-0.4, -0.2) is 53.1 Å².